The number of ether oxygens (including phenoxy) is 3. The molecule has 0 aromatic heterocycles. The highest BCUT2D eigenvalue weighted by molar-refractivity contribution is 6.01. The number of methoxy groups -OCH3 is 3. The Balaban J connectivity index is 3.22. The summed E-state index contributed by atoms with van der Waals surface area (Å²) in [6, 6.07) is 3.61. The van der Waals surface area contributed by atoms with Crippen molar-refractivity contribution in [3.8, 4) is 5.75 Å². The molecule has 4 nitrogen and oxygen atoms in total. The zero-order valence-electron chi connectivity index (χ0n) is 10.9. The van der Waals surface area contributed by atoms with Crippen LogP contribution in [-0.4, -0.2) is 33.4 Å². The largest absolute Gasteiger partial charge is 0.496 e. The lowest BCUT2D eigenvalue weighted by Gasteiger charge is -2.16. The molecule has 0 aliphatic heterocycles. The van der Waals surface area contributed by atoms with E-state index < -0.39 is 6.29 Å². The van der Waals surface area contributed by atoms with Crippen LogP contribution in [0.4, 0.5) is 0 Å². The van der Waals surface area contributed by atoms with Gasteiger partial charge in [0.05, 0.1) is 12.7 Å². The summed E-state index contributed by atoms with van der Waals surface area (Å²) in [7, 11) is 4.41. The average molecular weight is 238 g/mol. The minimum Gasteiger partial charge on any atom is -0.496 e. The zero-order valence-corrected chi connectivity index (χ0v) is 10.9. The Morgan fingerprint density at radius 2 is 1.71 bits per heavy atom. The van der Waals surface area contributed by atoms with E-state index in [2.05, 4.69) is 0 Å². The minimum absolute atomic E-state index is 0.241. The molecule has 0 atom stereocenters. The summed E-state index contributed by atoms with van der Waals surface area (Å²) in [6.45, 7) is 3.88. The summed E-state index contributed by atoms with van der Waals surface area (Å²) >= 11 is 0. The Hall–Kier alpha value is -1.39. The summed E-state index contributed by atoms with van der Waals surface area (Å²) in [4.78, 5) is 12.1. The monoisotopic (exact) mass is 238 g/mol. The summed E-state index contributed by atoms with van der Waals surface area (Å²) in [5, 5.41) is 0. The molecule has 17 heavy (non-hydrogen) atoms. The Morgan fingerprint density at radius 3 is 2.18 bits per heavy atom. The first kappa shape index (κ1) is 13.7. The predicted octanol–water partition coefficient (Wildman–Crippen LogP) is 2.11. The molecule has 0 radical (unpaired) electrons. The van der Waals surface area contributed by atoms with Crippen LogP contribution < -0.4 is 4.74 Å². The molecule has 0 saturated carbocycles. The number of ketones is 1. The predicted molar refractivity (Wildman–Crippen MR) is 64.6 cm³/mol. The number of aryl methyl sites for hydroxylation is 1. The molecule has 0 N–H and O–H groups in total. The Bertz CT molecular complexity index is 408. The second-order valence-electron chi connectivity index (χ2n) is 3.76. The van der Waals surface area contributed by atoms with E-state index in [9.17, 15) is 4.79 Å². The van der Waals surface area contributed by atoms with E-state index in [-0.39, 0.29) is 5.78 Å². The van der Waals surface area contributed by atoms with Crippen LogP contribution in [0.1, 0.15) is 21.5 Å². The molecule has 0 aliphatic rings. The van der Waals surface area contributed by atoms with Crippen LogP contribution in [0.15, 0.2) is 12.1 Å². The third kappa shape index (κ3) is 2.65. The Morgan fingerprint density at radius 1 is 1.12 bits per heavy atom. The summed E-state index contributed by atoms with van der Waals surface area (Å²) in [5.74, 6) is 0.337. The molecule has 1 aromatic carbocycles. The highest BCUT2D eigenvalue weighted by Gasteiger charge is 2.23. The molecule has 94 valence electrons. The van der Waals surface area contributed by atoms with Crippen molar-refractivity contribution in [1.82, 2.24) is 0 Å². The number of Topliss-reactive ketones (excluding diaryl/α,β-unsaturated/α-hetero) is 1. The van der Waals surface area contributed by atoms with Crippen molar-refractivity contribution in [1.29, 1.82) is 0 Å². The van der Waals surface area contributed by atoms with Crippen molar-refractivity contribution in [2.24, 2.45) is 0 Å². The molecule has 0 amide bonds. The van der Waals surface area contributed by atoms with Gasteiger partial charge in [-0.05, 0) is 31.0 Å². The maximum absolute atomic E-state index is 12.1. The van der Waals surface area contributed by atoms with E-state index in [0.29, 0.717) is 11.3 Å². The quantitative estimate of drug-likeness (QED) is 0.582. The average Bonchev–Trinajstić information content (AvgIpc) is 2.33. The van der Waals surface area contributed by atoms with Crippen LogP contribution >= 0.6 is 0 Å². The van der Waals surface area contributed by atoms with Crippen LogP contribution in [0.3, 0.4) is 0 Å². The van der Waals surface area contributed by atoms with Crippen molar-refractivity contribution in [3.05, 3.63) is 28.8 Å². The molecular weight excluding hydrogens is 220 g/mol. The standard InChI is InChI=1S/C13H18O4/c1-8-6-7-10(12(15-3)9(8)2)11(14)13(16-4)17-5/h6-7,13H,1-5H3. The maximum Gasteiger partial charge on any atom is 0.222 e. The SMILES string of the molecule is COc1c(C(=O)C(OC)OC)ccc(C)c1C. The molecule has 0 aliphatic carbocycles. The lowest BCUT2D eigenvalue weighted by Crippen LogP contribution is -2.25. The number of rotatable bonds is 5. The van der Waals surface area contributed by atoms with Crippen molar-refractivity contribution in [2.45, 2.75) is 20.1 Å². The van der Waals surface area contributed by atoms with E-state index in [0.717, 1.165) is 11.1 Å². The second kappa shape index (κ2) is 5.80. The number of hydrogen-bond acceptors (Lipinski definition) is 4. The second-order valence-corrected chi connectivity index (χ2v) is 3.76. The normalized spacial score (nSPS) is 10.7. The van der Waals surface area contributed by atoms with Crippen LogP contribution in [0.25, 0.3) is 0 Å². The van der Waals surface area contributed by atoms with Crippen LogP contribution in [0, 0.1) is 13.8 Å². The third-order valence-electron chi connectivity index (χ3n) is 2.79. The first-order chi connectivity index (χ1) is 8.06. The summed E-state index contributed by atoms with van der Waals surface area (Å²) in [5.41, 5.74) is 2.50. The number of carbonyl (C=O) groups is 1. The van der Waals surface area contributed by atoms with Gasteiger partial charge in [-0.2, -0.15) is 0 Å². The van der Waals surface area contributed by atoms with Gasteiger partial charge in [-0.15, -0.1) is 0 Å². The number of hydrogen-bond donors (Lipinski definition) is 0. The van der Waals surface area contributed by atoms with E-state index in [1.165, 1.54) is 14.2 Å². The fourth-order valence-corrected chi connectivity index (χ4v) is 1.68. The molecule has 0 heterocycles. The summed E-state index contributed by atoms with van der Waals surface area (Å²) < 4.78 is 15.2. The molecule has 0 bridgehead atoms. The van der Waals surface area contributed by atoms with E-state index in [4.69, 9.17) is 14.2 Å². The van der Waals surface area contributed by atoms with Gasteiger partial charge in [0.1, 0.15) is 5.75 Å². The zero-order chi connectivity index (χ0) is 13.0. The summed E-state index contributed by atoms with van der Waals surface area (Å²) in [6.07, 6.45) is -0.897. The van der Waals surface area contributed by atoms with Gasteiger partial charge in [0.2, 0.25) is 12.1 Å². The first-order valence-electron chi connectivity index (χ1n) is 5.30. The fourth-order valence-electron chi connectivity index (χ4n) is 1.68. The van der Waals surface area contributed by atoms with E-state index in [1.54, 1.807) is 13.2 Å². The molecule has 0 saturated heterocycles. The lowest BCUT2D eigenvalue weighted by atomic mass is 10.0. The molecule has 4 heteroatoms. The number of benzene rings is 1. The molecule has 0 fully saturated rings. The fraction of sp³-hybridized carbons (Fsp3) is 0.462. The third-order valence-corrected chi connectivity index (χ3v) is 2.79. The van der Waals surface area contributed by atoms with Gasteiger partial charge in [0.15, 0.2) is 0 Å². The smallest absolute Gasteiger partial charge is 0.222 e. The van der Waals surface area contributed by atoms with Gasteiger partial charge < -0.3 is 14.2 Å². The van der Waals surface area contributed by atoms with Gasteiger partial charge >= 0.3 is 0 Å². The van der Waals surface area contributed by atoms with Gasteiger partial charge in [-0.25, -0.2) is 0 Å². The van der Waals surface area contributed by atoms with Gasteiger partial charge in [0.25, 0.3) is 0 Å². The van der Waals surface area contributed by atoms with E-state index in [1.807, 2.05) is 19.9 Å². The van der Waals surface area contributed by atoms with Gasteiger partial charge in [-0.1, -0.05) is 6.07 Å². The van der Waals surface area contributed by atoms with Crippen LogP contribution in [0.5, 0.6) is 5.75 Å². The molecule has 1 aromatic rings. The van der Waals surface area contributed by atoms with Gasteiger partial charge in [-0.3, -0.25) is 4.79 Å². The molecular formula is C13H18O4. The first-order valence-corrected chi connectivity index (χ1v) is 5.30. The van der Waals surface area contributed by atoms with Crippen LogP contribution in [0.2, 0.25) is 0 Å². The van der Waals surface area contributed by atoms with Gasteiger partial charge in [0, 0.05) is 14.2 Å². The van der Waals surface area contributed by atoms with E-state index >= 15 is 0 Å². The Kier molecular flexibility index (Phi) is 4.66. The molecule has 1 rings (SSSR count). The van der Waals surface area contributed by atoms with Crippen LogP contribution in [-0.2, 0) is 9.47 Å². The maximum atomic E-state index is 12.1. The van der Waals surface area contributed by atoms with Crippen molar-refractivity contribution in [3.63, 3.8) is 0 Å². The van der Waals surface area contributed by atoms with Crippen molar-refractivity contribution >= 4 is 5.78 Å². The minimum atomic E-state index is -0.897. The van der Waals surface area contributed by atoms with Crippen molar-refractivity contribution < 1.29 is 19.0 Å². The topological polar surface area (TPSA) is 44.8 Å². The lowest BCUT2D eigenvalue weighted by molar-refractivity contribution is -0.0743. The Labute approximate surface area is 101 Å². The number of carbonyl (C=O) groups excluding carboxylic acids is 1. The van der Waals surface area contributed by atoms with Crippen molar-refractivity contribution in [2.75, 3.05) is 21.3 Å². The molecule has 0 spiro atoms. The highest BCUT2D eigenvalue weighted by atomic mass is 16.7. The highest BCUT2D eigenvalue weighted by Crippen LogP contribution is 2.27. The molecule has 0 unspecified atom stereocenters.